The molecule has 0 aliphatic carbocycles. The van der Waals surface area contributed by atoms with E-state index < -0.39 is 97.5 Å². The molecule has 240 valence electrons. The van der Waals surface area contributed by atoms with Crippen LogP contribution in [0.3, 0.4) is 0 Å². The first kappa shape index (κ1) is 38.2. The summed E-state index contributed by atoms with van der Waals surface area (Å²) in [6.07, 6.45) is 0.0274. The Balaban J connectivity index is 3.95. The molecule has 0 aliphatic heterocycles. The summed E-state index contributed by atoms with van der Waals surface area (Å²) < 4.78 is 0. The lowest BCUT2D eigenvalue weighted by Crippen LogP contribution is -2.47. The van der Waals surface area contributed by atoms with Crippen molar-refractivity contribution < 1.29 is 47.9 Å². The molecule has 20 nitrogen and oxygen atoms in total. The van der Waals surface area contributed by atoms with Crippen LogP contribution in [0.2, 0.25) is 0 Å². The zero-order chi connectivity index (χ0) is 32.6. The second kappa shape index (κ2) is 22.8. The Kier molecular flexibility index (Phi) is 20.3. The molecule has 0 aromatic carbocycles. The number of thiol groups is 1. The minimum Gasteiger partial charge on any atom is -0.354 e. The smallest absolute Gasteiger partial charge is 0.239 e. The molecule has 0 saturated heterocycles. The van der Waals surface area contributed by atoms with E-state index in [0.717, 1.165) is 0 Å². The molecule has 0 aromatic heterocycles. The molecule has 9 amide bonds. The summed E-state index contributed by atoms with van der Waals surface area (Å²) in [7, 11) is 1.56. The molecule has 0 spiro atoms. The van der Waals surface area contributed by atoms with Gasteiger partial charge in [0, 0.05) is 13.0 Å². The maximum atomic E-state index is 11.8. The minimum absolute atomic E-state index is 0.0200. The van der Waals surface area contributed by atoms with E-state index in [9.17, 15) is 47.9 Å². The van der Waals surface area contributed by atoms with Gasteiger partial charge in [-0.05, 0) is 7.05 Å². The van der Waals surface area contributed by atoms with Crippen LogP contribution in [-0.4, -0.2) is 131 Å². The molecule has 0 radical (unpaired) electrons. The molecule has 0 fully saturated rings. The van der Waals surface area contributed by atoms with Gasteiger partial charge in [-0.3, -0.25) is 47.9 Å². The zero-order valence-corrected chi connectivity index (χ0v) is 24.2. The molecule has 0 saturated carbocycles. The average Bonchev–Trinajstić information content (AvgIpc) is 2.96. The normalized spacial score (nSPS) is 9.81. The first-order valence-corrected chi connectivity index (χ1v) is 13.0. The fraction of sp³-hybridized carbons (Fsp3) is 0.545. The fourth-order valence-corrected chi connectivity index (χ4v) is 2.57. The quantitative estimate of drug-likeness (QED) is 0.0528. The molecule has 21 heteroatoms. The van der Waals surface area contributed by atoms with Crippen LogP contribution in [0.15, 0.2) is 0 Å². The van der Waals surface area contributed by atoms with Crippen LogP contribution >= 0.6 is 12.6 Å². The van der Waals surface area contributed by atoms with E-state index in [1.807, 2.05) is 0 Å². The van der Waals surface area contributed by atoms with Crippen LogP contribution in [0.5, 0.6) is 0 Å². The Morgan fingerprint density at radius 3 is 0.791 bits per heavy atom. The Hall–Kier alpha value is -4.79. The van der Waals surface area contributed by atoms with Crippen LogP contribution in [0.25, 0.3) is 0 Å². The summed E-state index contributed by atoms with van der Waals surface area (Å²) in [6, 6.07) is 0. The second-order valence-electron chi connectivity index (χ2n) is 8.24. The van der Waals surface area contributed by atoms with E-state index in [1.54, 1.807) is 7.05 Å². The highest BCUT2D eigenvalue weighted by Gasteiger charge is 2.12. The van der Waals surface area contributed by atoms with Crippen molar-refractivity contribution in [3.05, 3.63) is 0 Å². The molecule has 0 unspecified atom stereocenters. The van der Waals surface area contributed by atoms with E-state index in [0.29, 0.717) is 0 Å². The summed E-state index contributed by atoms with van der Waals surface area (Å²) in [4.78, 5) is 115. The lowest BCUT2D eigenvalue weighted by molar-refractivity contribution is -0.129. The highest BCUT2D eigenvalue weighted by Crippen LogP contribution is 1.84. The largest absolute Gasteiger partial charge is 0.354 e. The molecule has 43 heavy (non-hydrogen) atoms. The van der Waals surface area contributed by atoms with Crippen molar-refractivity contribution >= 4 is 70.9 Å². The number of carbonyl (C=O) groups is 10. The Labute approximate surface area is 251 Å². The number of hydrogen-bond acceptors (Lipinski definition) is 11. The molecule has 0 rings (SSSR count). The van der Waals surface area contributed by atoms with Gasteiger partial charge in [0.25, 0.3) is 0 Å². The third-order valence-corrected chi connectivity index (χ3v) is 4.79. The average molecular weight is 633 g/mol. The number of nitrogens with one attached hydrogen (secondary N) is 10. The molecule has 0 atom stereocenters. The van der Waals surface area contributed by atoms with E-state index in [1.165, 1.54) is 0 Å². The molecule has 10 N–H and O–H groups in total. The predicted octanol–water partition coefficient (Wildman–Crippen LogP) is -7.90. The third-order valence-electron chi connectivity index (χ3n) is 4.57. The van der Waals surface area contributed by atoms with Gasteiger partial charge in [-0.1, -0.05) is 0 Å². The van der Waals surface area contributed by atoms with Crippen molar-refractivity contribution in [3.63, 3.8) is 0 Å². The Morgan fingerprint density at radius 1 is 0.372 bits per heavy atom. The predicted molar refractivity (Wildman–Crippen MR) is 150 cm³/mol. The highest BCUT2D eigenvalue weighted by atomic mass is 32.1. The van der Waals surface area contributed by atoms with Crippen LogP contribution < -0.4 is 53.2 Å². The lowest BCUT2D eigenvalue weighted by atomic mass is 10.4. The highest BCUT2D eigenvalue weighted by molar-refractivity contribution is 7.96. The van der Waals surface area contributed by atoms with Gasteiger partial charge >= 0.3 is 0 Å². The van der Waals surface area contributed by atoms with Gasteiger partial charge in [-0.25, -0.2) is 0 Å². The molecule has 0 aromatic rings. The van der Waals surface area contributed by atoms with Crippen molar-refractivity contribution in [3.8, 4) is 0 Å². The molecule has 0 bridgehead atoms. The minimum atomic E-state index is -0.746. The monoisotopic (exact) mass is 632 g/mol. The molecular weight excluding hydrogens is 596 g/mol. The van der Waals surface area contributed by atoms with Gasteiger partial charge in [0.2, 0.25) is 53.2 Å². The van der Waals surface area contributed by atoms with Crippen molar-refractivity contribution in [1.29, 1.82) is 0 Å². The summed E-state index contributed by atoms with van der Waals surface area (Å²) in [6.45, 7) is -3.60. The number of rotatable bonds is 21. The first-order chi connectivity index (χ1) is 20.3. The fourth-order valence-electron chi connectivity index (χ4n) is 2.46. The zero-order valence-electron chi connectivity index (χ0n) is 23.3. The third kappa shape index (κ3) is 23.6. The second-order valence-corrected chi connectivity index (χ2v) is 8.74. The standard InChI is InChI=1S/C22H36N10O10S/c1-23-4-13(33)25-6-15(35)27-8-17(37)29-10-19(39)31-12-21(41)32-11-20(40)30-9-18(38)28-7-16(36)26-5-14(34)24-3-2-22(42)43/h23H,2-12H2,1H3,(H,24,34)(H,25,33)(H,26,36)(H,27,35)(H,28,38)(H,29,37)(H,30,40)(H,31,39)(H,32,41)(H,42,43). The number of amides is 9. The van der Waals surface area contributed by atoms with Crippen molar-refractivity contribution in [1.82, 2.24) is 53.2 Å². The molecule has 0 aliphatic rings. The number of likely N-dealkylation sites (N-methyl/N-ethyl adjacent to an activating group) is 1. The van der Waals surface area contributed by atoms with E-state index >= 15 is 0 Å². The van der Waals surface area contributed by atoms with Crippen LogP contribution in [0.1, 0.15) is 6.42 Å². The number of carbonyl (C=O) groups excluding carboxylic acids is 10. The number of hydrogen-bond donors (Lipinski definition) is 11. The van der Waals surface area contributed by atoms with E-state index in [2.05, 4.69) is 65.8 Å². The summed E-state index contributed by atoms with van der Waals surface area (Å²) >= 11 is 3.54. The molecular formula is C22H36N10O10S. The van der Waals surface area contributed by atoms with Gasteiger partial charge < -0.3 is 53.2 Å². The van der Waals surface area contributed by atoms with Crippen molar-refractivity contribution in [2.75, 3.05) is 72.5 Å². The van der Waals surface area contributed by atoms with Crippen molar-refractivity contribution in [2.24, 2.45) is 0 Å². The van der Waals surface area contributed by atoms with Crippen LogP contribution in [0, 0.1) is 0 Å². The Bertz CT molecular complexity index is 1060. The first-order valence-electron chi connectivity index (χ1n) is 12.6. The summed E-state index contributed by atoms with van der Waals surface area (Å²) in [5, 5.41) is 22.4. The maximum absolute atomic E-state index is 11.8. The summed E-state index contributed by atoms with van der Waals surface area (Å²) in [5.41, 5.74) is 0. The van der Waals surface area contributed by atoms with Crippen molar-refractivity contribution in [2.45, 2.75) is 6.42 Å². The van der Waals surface area contributed by atoms with E-state index in [4.69, 9.17) is 0 Å². The SMILES string of the molecule is CNCC(=O)NCC(=O)NCC(=O)NCC(=O)NCC(=O)NCC(=O)NCC(=O)NCC(=O)NCC(=O)NCCC(=O)S. The lowest BCUT2D eigenvalue weighted by Gasteiger charge is -2.10. The maximum Gasteiger partial charge on any atom is 0.239 e. The van der Waals surface area contributed by atoms with Gasteiger partial charge in [-0.15, -0.1) is 12.6 Å². The van der Waals surface area contributed by atoms with Gasteiger partial charge in [-0.2, -0.15) is 0 Å². The Morgan fingerprint density at radius 2 is 0.581 bits per heavy atom. The van der Waals surface area contributed by atoms with Crippen LogP contribution in [0.4, 0.5) is 0 Å². The van der Waals surface area contributed by atoms with Gasteiger partial charge in [0.1, 0.15) is 0 Å². The molecule has 0 heterocycles. The van der Waals surface area contributed by atoms with E-state index in [-0.39, 0.29) is 32.6 Å². The van der Waals surface area contributed by atoms with Gasteiger partial charge in [0.15, 0.2) is 5.12 Å². The topological polar surface area (TPSA) is 291 Å². The van der Waals surface area contributed by atoms with Gasteiger partial charge in [0.05, 0.1) is 58.9 Å². The van der Waals surface area contributed by atoms with Crippen LogP contribution in [-0.2, 0) is 47.9 Å². The summed E-state index contributed by atoms with van der Waals surface area (Å²) in [5.74, 6) is -5.89.